The lowest BCUT2D eigenvalue weighted by molar-refractivity contribution is -0.160. The minimum absolute atomic E-state index is 0.0537. The molecule has 5 aliphatic rings. The Morgan fingerprint density at radius 2 is 1.30 bits per heavy atom. The fourth-order valence-corrected chi connectivity index (χ4v) is 5.44. The summed E-state index contributed by atoms with van der Waals surface area (Å²) in [6.45, 7) is 8.70. The maximum absolute atomic E-state index is 6.32. The highest BCUT2D eigenvalue weighted by Gasteiger charge is 2.77. The SMILES string of the molecule is CC1(C)OB(C23CC(C4CCCCC4)(C2)C3)OC1(C)C. The molecule has 20 heavy (non-hydrogen) atoms. The Bertz CT molecular complexity index is 387. The molecule has 4 aliphatic carbocycles. The average Bonchev–Trinajstić information content (AvgIpc) is 2.45. The second-order valence-corrected chi connectivity index (χ2v) is 9.18. The predicted molar refractivity (Wildman–Crippen MR) is 81.6 cm³/mol. The zero-order valence-electron chi connectivity index (χ0n) is 13.6. The lowest BCUT2D eigenvalue weighted by Gasteiger charge is -2.74. The van der Waals surface area contributed by atoms with Crippen molar-refractivity contribution in [3.63, 3.8) is 0 Å². The van der Waals surface area contributed by atoms with E-state index in [-0.39, 0.29) is 18.3 Å². The van der Waals surface area contributed by atoms with Crippen LogP contribution in [0.2, 0.25) is 5.31 Å². The summed E-state index contributed by atoms with van der Waals surface area (Å²) in [5.74, 6) is 1.01. The highest BCUT2D eigenvalue weighted by Crippen LogP contribution is 2.84. The van der Waals surface area contributed by atoms with E-state index >= 15 is 0 Å². The molecule has 0 amide bonds. The topological polar surface area (TPSA) is 18.5 Å². The van der Waals surface area contributed by atoms with Gasteiger partial charge in [0.25, 0.3) is 0 Å². The second kappa shape index (κ2) is 3.84. The second-order valence-electron chi connectivity index (χ2n) is 9.18. The Morgan fingerprint density at radius 3 is 1.80 bits per heavy atom. The fraction of sp³-hybridized carbons (Fsp3) is 1.00. The summed E-state index contributed by atoms with van der Waals surface area (Å²) in [6, 6.07) is 0. The molecule has 1 heterocycles. The van der Waals surface area contributed by atoms with Crippen molar-refractivity contribution in [2.45, 2.75) is 95.6 Å². The van der Waals surface area contributed by atoms with Crippen molar-refractivity contribution in [1.82, 2.24) is 0 Å². The van der Waals surface area contributed by atoms with E-state index in [2.05, 4.69) is 27.7 Å². The Balaban J connectivity index is 1.43. The Morgan fingerprint density at radius 1 is 0.800 bits per heavy atom. The van der Waals surface area contributed by atoms with Gasteiger partial charge in [0.2, 0.25) is 0 Å². The molecule has 0 aromatic heterocycles. The summed E-state index contributed by atoms with van der Waals surface area (Å²) in [4.78, 5) is 0. The first-order chi connectivity index (χ1) is 9.29. The van der Waals surface area contributed by atoms with Crippen molar-refractivity contribution in [2.24, 2.45) is 11.3 Å². The van der Waals surface area contributed by atoms with Crippen molar-refractivity contribution in [2.75, 3.05) is 0 Å². The summed E-state index contributed by atoms with van der Waals surface area (Å²) in [7, 11) is 0.0537. The molecule has 4 saturated carbocycles. The zero-order chi connectivity index (χ0) is 14.2. The molecule has 0 aromatic carbocycles. The van der Waals surface area contributed by atoms with Crippen LogP contribution in [0.1, 0.15) is 79.1 Å². The molecule has 1 aliphatic heterocycles. The van der Waals surface area contributed by atoms with Gasteiger partial charge in [0, 0.05) is 5.31 Å². The van der Waals surface area contributed by atoms with Crippen molar-refractivity contribution >= 4 is 7.12 Å². The normalized spacial score (nSPS) is 45.9. The van der Waals surface area contributed by atoms with E-state index in [1.54, 1.807) is 0 Å². The number of rotatable bonds is 2. The number of hydrogen-bond donors (Lipinski definition) is 0. The van der Waals surface area contributed by atoms with Gasteiger partial charge in [0.1, 0.15) is 0 Å². The summed E-state index contributed by atoms with van der Waals surface area (Å²) in [5, 5.41) is 0.377. The first-order valence-corrected chi connectivity index (χ1v) is 8.64. The lowest BCUT2D eigenvalue weighted by Crippen LogP contribution is -2.66. The smallest absolute Gasteiger partial charge is 0.403 e. The van der Waals surface area contributed by atoms with E-state index in [9.17, 15) is 0 Å². The van der Waals surface area contributed by atoms with Crippen LogP contribution in [0.4, 0.5) is 0 Å². The van der Waals surface area contributed by atoms with Crippen molar-refractivity contribution in [3.8, 4) is 0 Å². The van der Waals surface area contributed by atoms with Gasteiger partial charge in [-0.3, -0.25) is 0 Å². The predicted octanol–water partition coefficient (Wildman–Crippen LogP) is 4.58. The third-order valence-electron chi connectivity index (χ3n) is 7.34. The third kappa shape index (κ3) is 1.60. The van der Waals surface area contributed by atoms with Crippen LogP contribution >= 0.6 is 0 Å². The van der Waals surface area contributed by atoms with Crippen LogP contribution in [0.15, 0.2) is 0 Å². The van der Waals surface area contributed by atoms with E-state index in [1.807, 2.05) is 0 Å². The molecule has 112 valence electrons. The number of hydrogen-bond acceptors (Lipinski definition) is 2. The minimum atomic E-state index is -0.162. The van der Waals surface area contributed by atoms with Crippen LogP contribution in [-0.4, -0.2) is 18.3 Å². The molecule has 1 saturated heterocycles. The first-order valence-electron chi connectivity index (χ1n) is 8.64. The molecule has 0 spiro atoms. The molecular weight excluding hydrogens is 247 g/mol. The summed E-state index contributed by atoms with van der Waals surface area (Å²) < 4.78 is 12.6. The molecule has 0 aromatic rings. The van der Waals surface area contributed by atoms with E-state index < -0.39 is 0 Å². The van der Waals surface area contributed by atoms with Crippen molar-refractivity contribution in [3.05, 3.63) is 0 Å². The van der Waals surface area contributed by atoms with Crippen LogP contribution in [-0.2, 0) is 9.31 Å². The highest BCUT2D eigenvalue weighted by molar-refractivity contribution is 6.51. The van der Waals surface area contributed by atoms with E-state index in [4.69, 9.17) is 9.31 Å². The van der Waals surface area contributed by atoms with Gasteiger partial charge in [0.15, 0.2) is 0 Å². The van der Waals surface area contributed by atoms with Gasteiger partial charge < -0.3 is 9.31 Å². The Hall–Kier alpha value is -0.0151. The zero-order valence-corrected chi connectivity index (χ0v) is 13.6. The average molecular weight is 276 g/mol. The van der Waals surface area contributed by atoms with E-state index in [1.165, 1.54) is 51.4 Å². The van der Waals surface area contributed by atoms with Gasteiger partial charge in [0.05, 0.1) is 11.2 Å². The Labute approximate surface area is 124 Å². The minimum Gasteiger partial charge on any atom is -0.403 e. The molecule has 0 unspecified atom stereocenters. The van der Waals surface area contributed by atoms with Crippen LogP contribution in [0.3, 0.4) is 0 Å². The van der Waals surface area contributed by atoms with Gasteiger partial charge in [-0.05, 0) is 71.1 Å². The molecular formula is C17H29BO2. The molecule has 2 bridgehead atoms. The standard InChI is InChI=1S/C17H29BO2/c1-14(2)15(3,4)20-18(19-14)17-10-16(11-17,12-17)13-8-6-5-7-9-13/h13H,5-12H2,1-4H3. The summed E-state index contributed by atoms with van der Waals surface area (Å²) in [5.41, 5.74) is 0.375. The van der Waals surface area contributed by atoms with Crippen LogP contribution in [0, 0.1) is 11.3 Å². The van der Waals surface area contributed by atoms with Crippen molar-refractivity contribution < 1.29 is 9.31 Å². The van der Waals surface area contributed by atoms with Crippen LogP contribution < -0.4 is 0 Å². The Kier molecular flexibility index (Phi) is 2.62. The monoisotopic (exact) mass is 276 g/mol. The summed E-state index contributed by atoms with van der Waals surface area (Å²) in [6.07, 6.45) is 11.5. The maximum atomic E-state index is 6.32. The summed E-state index contributed by atoms with van der Waals surface area (Å²) >= 11 is 0. The molecule has 0 atom stereocenters. The van der Waals surface area contributed by atoms with Gasteiger partial charge in [-0.2, -0.15) is 0 Å². The van der Waals surface area contributed by atoms with Crippen LogP contribution in [0.25, 0.3) is 0 Å². The van der Waals surface area contributed by atoms with Gasteiger partial charge in [-0.15, -0.1) is 0 Å². The molecule has 2 nitrogen and oxygen atoms in total. The van der Waals surface area contributed by atoms with Gasteiger partial charge >= 0.3 is 7.12 Å². The molecule has 0 radical (unpaired) electrons. The third-order valence-corrected chi connectivity index (χ3v) is 7.34. The molecule has 5 fully saturated rings. The molecule has 5 rings (SSSR count). The fourth-order valence-electron chi connectivity index (χ4n) is 5.44. The quantitative estimate of drug-likeness (QED) is 0.687. The first kappa shape index (κ1) is 13.6. The van der Waals surface area contributed by atoms with Crippen molar-refractivity contribution in [1.29, 1.82) is 0 Å². The van der Waals surface area contributed by atoms with Crippen LogP contribution in [0.5, 0.6) is 0 Å². The van der Waals surface area contributed by atoms with Gasteiger partial charge in [-0.25, -0.2) is 0 Å². The van der Waals surface area contributed by atoms with E-state index in [0.29, 0.717) is 10.7 Å². The highest BCUT2D eigenvalue weighted by atomic mass is 16.7. The maximum Gasteiger partial charge on any atom is 0.464 e. The molecule has 3 heteroatoms. The van der Waals surface area contributed by atoms with Gasteiger partial charge in [-0.1, -0.05) is 19.3 Å². The largest absolute Gasteiger partial charge is 0.464 e. The lowest BCUT2D eigenvalue weighted by atomic mass is 9.21. The molecule has 0 N–H and O–H groups in total. The van der Waals surface area contributed by atoms with E-state index in [0.717, 1.165) is 5.92 Å².